The number of aliphatic imine (C=N–C) groups is 1. The molecule has 0 atom stereocenters. The molecule has 29 heavy (non-hydrogen) atoms. The van der Waals surface area contributed by atoms with Crippen molar-refractivity contribution in [3.05, 3.63) is 52.7 Å². The molecule has 1 aromatic carbocycles. The molecule has 0 spiro atoms. The van der Waals surface area contributed by atoms with Gasteiger partial charge >= 0.3 is 0 Å². The predicted octanol–water partition coefficient (Wildman–Crippen LogP) is 3.17. The number of nitrogens with zero attached hydrogens (tertiary/aromatic N) is 3. The molecule has 2 aromatic rings. The zero-order chi connectivity index (χ0) is 21.4. The fourth-order valence-electron chi connectivity index (χ4n) is 2.99. The first-order chi connectivity index (χ1) is 13.8. The molecular formula is C20H29FN4O2S2. The van der Waals surface area contributed by atoms with E-state index in [1.54, 1.807) is 19.2 Å². The molecule has 0 unspecified atom stereocenters. The number of halogens is 1. The molecule has 2 rings (SSSR count). The molecule has 0 fully saturated rings. The number of rotatable bonds is 9. The van der Waals surface area contributed by atoms with Crippen molar-refractivity contribution in [2.75, 3.05) is 33.7 Å². The molecule has 1 heterocycles. The van der Waals surface area contributed by atoms with Crippen LogP contribution in [0.4, 0.5) is 4.39 Å². The SMILES string of the molecule is CCN(CC)S(=O)(=O)c1ccc(CCNC(=NC)N(C)Cc2cccc(F)c2)s1. The molecule has 0 aliphatic carbocycles. The number of hydrogen-bond acceptors (Lipinski definition) is 4. The summed E-state index contributed by atoms with van der Waals surface area (Å²) >= 11 is 1.31. The zero-order valence-corrected chi connectivity index (χ0v) is 19.0. The summed E-state index contributed by atoms with van der Waals surface area (Å²) in [5.41, 5.74) is 0.861. The monoisotopic (exact) mass is 440 g/mol. The van der Waals surface area contributed by atoms with Gasteiger partial charge in [0, 0.05) is 45.2 Å². The van der Waals surface area contributed by atoms with Gasteiger partial charge in [0.25, 0.3) is 10.0 Å². The number of thiophene rings is 1. The minimum absolute atomic E-state index is 0.257. The fraction of sp³-hybridized carbons (Fsp3) is 0.450. The summed E-state index contributed by atoms with van der Waals surface area (Å²) in [6.07, 6.45) is 0.686. The van der Waals surface area contributed by atoms with Crippen LogP contribution in [-0.2, 0) is 23.0 Å². The first-order valence-corrected chi connectivity index (χ1v) is 11.8. The van der Waals surface area contributed by atoms with E-state index in [1.807, 2.05) is 37.9 Å². The summed E-state index contributed by atoms with van der Waals surface area (Å²) in [7, 11) is 0.179. The van der Waals surface area contributed by atoms with Gasteiger partial charge < -0.3 is 10.2 Å². The highest BCUT2D eigenvalue weighted by molar-refractivity contribution is 7.91. The third-order valence-corrected chi connectivity index (χ3v) is 8.14. The summed E-state index contributed by atoms with van der Waals surface area (Å²) in [4.78, 5) is 7.17. The van der Waals surface area contributed by atoms with E-state index < -0.39 is 10.0 Å². The van der Waals surface area contributed by atoms with Gasteiger partial charge in [0.2, 0.25) is 0 Å². The number of benzene rings is 1. The molecule has 0 saturated carbocycles. The van der Waals surface area contributed by atoms with Gasteiger partial charge in [0.15, 0.2) is 5.96 Å². The predicted molar refractivity (Wildman–Crippen MR) is 117 cm³/mol. The number of hydrogen-bond donors (Lipinski definition) is 1. The van der Waals surface area contributed by atoms with Crippen LogP contribution in [0.25, 0.3) is 0 Å². The first kappa shape index (κ1) is 23.3. The van der Waals surface area contributed by atoms with E-state index in [2.05, 4.69) is 10.3 Å². The zero-order valence-electron chi connectivity index (χ0n) is 17.4. The maximum atomic E-state index is 13.4. The second kappa shape index (κ2) is 10.7. The Kier molecular flexibility index (Phi) is 8.60. The second-order valence-corrected chi connectivity index (χ2v) is 9.85. The third kappa shape index (κ3) is 6.25. The molecule has 0 bridgehead atoms. The minimum atomic E-state index is -3.41. The van der Waals surface area contributed by atoms with E-state index in [4.69, 9.17) is 0 Å². The molecule has 6 nitrogen and oxygen atoms in total. The van der Waals surface area contributed by atoms with Crippen molar-refractivity contribution < 1.29 is 12.8 Å². The molecular weight excluding hydrogens is 411 g/mol. The largest absolute Gasteiger partial charge is 0.356 e. The maximum absolute atomic E-state index is 13.4. The van der Waals surface area contributed by atoms with E-state index in [9.17, 15) is 12.8 Å². The summed E-state index contributed by atoms with van der Waals surface area (Å²) < 4.78 is 40.4. The van der Waals surface area contributed by atoms with Crippen molar-refractivity contribution in [3.8, 4) is 0 Å². The quantitative estimate of drug-likeness (QED) is 0.481. The average molecular weight is 441 g/mol. The third-order valence-electron chi connectivity index (χ3n) is 4.47. The Morgan fingerprint density at radius 1 is 1.21 bits per heavy atom. The smallest absolute Gasteiger partial charge is 0.252 e. The number of nitrogens with one attached hydrogen (secondary N) is 1. The van der Waals surface area contributed by atoms with Gasteiger partial charge in [-0.15, -0.1) is 11.3 Å². The van der Waals surface area contributed by atoms with Crippen LogP contribution in [0.5, 0.6) is 0 Å². The highest BCUT2D eigenvalue weighted by Crippen LogP contribution is 2.25. The van der Waals surface area contributed by atoms with Gasteiger partial charge in [-0.1, -0.05) is 26.0 Å². The van der Waals surface area contributed by atoms with Crippen LogP contribution in [0.15, 0.2) is 45.6 Å². The molecule has 1 aromatic heterocycles. The van der Waals surface area contributed by atoms with Crippen LogP contribution in [0, 0.1) is 5.82 Å². The van der Waals surface area contributed by atoms with E-state index in [0.29, 0.717) is 42.8 Å². The standard InChI is InChI=1S/C20H29FN4O2S2/c1-5-25(6-2)29(26,27)19-11-10-18(28-19)12-13-23-20(22-3)24(4)15-16-8-7-9-17(21)14-16/h7-11,14H,5-6,12-13,15H2,1-4H3,(H,22,23). The van der Waals surface area contributed by atoms with Crippen LogP contribution in [0.1, 0.15) is 24.3 Å². The number of sulfonamides is 1. The van der Waals surface area contributed by atoms with E-state index >= 15 is 0 Å². The fourth-order valence-corrected chi connectivity index (χ4v) is 5.96. The minimum Gasteiger partial charge on any atom is -0.356 e. The summed E-state index contributed by atoms with van der Waals surface area (Å²) in [6.45, 7) is 5.74. The molecule has 9 heteroatoms. The van der Waals surface area contributed by atoms with Gasteiger partial charge in [0.05, 0.1) is 0 Å². The molecule has 1 N–H and O–H groups in total. The Bertz CT molecular complexity index is 924. The Labute approximate surface area is 177 Å². The van der Waals surface area contributed by atoms with Crippen molar-refractivity contribution in [3.63, 3.8) is 0 Å². The Hall–Kier alpha value is -1.97. The lowest BCUT2D eigenvalue weighted by molar-refractivity contribution is 0.447. The lowest BCUT2D eigenvalue weighted by atomic mass is 10.2. The Morgan fingerprint density at radius 2 is 1.93 bits per heavy atom. The summed E-state index contributed by atoms with van der Waals surface area (Å²) in [6, 6.07) is 10.0. The first-order valence-electron chi connectivity index (χ1n) is 9.56. The van der Waals surface area contributed by atoms with Gasteiger partial charge in [0.1, 0.15) is 10.0 Å². The van der Waals surface area contributed by atoms with Gasteiger partial charge in [-0.05, 0) is 36.2 Å². The van der Waals surface area contributed by atoms with Crippen LogP contribution >= 0.6 is 11.3 Å². The molecule has 0 aliphatic rings. The summed E-state index contributed by atoms with van der Waals surface area (Å²) in [5, 5.41) is 3.27. The lowest BCUT2D eigenvalue weighted by Gasteiger charge is -2.22. The van der Waals surface area contributed by atoms with Crippen molar-refractivity contribution in [2.45, 2.75) is 31.0 Å². The number of guanidine groups is 1. The van der Waals surface area contributed by atoms with Gasteiger partial charge in [-0.25, -0.2) is 12.8 Å². The second-order valence-electron chi connectivity index (χ2n) is 6.52. The highest BCUT2D eigenvalue weighted by atomic mass is 32.2. The maximum Gasteiger partial charge on any atom is 0.252 e. The van der Waals surface area contributed by atoms with Crippen LogP contribution in [-0.4, -0.2) is 57.3 Å². The van der Waals surface area contributed by atoms with E-state index in [1.165, 1.54) is 27.8 Å². The molecule has 0 aliphatic heterocycles. The molecule has 0 saturated heterocycles. The van der Waals surface area contributed by atoms with Crippen LogP contribution in [0.2, 0.25) is 0 Å². The lowest BCUT2D eigenvalue weighted by Crippen LogP contribution is -2.39. The highest BCUT2D eigenvalue weighted by Gasteiger charge is 2.23. The molecule has 0 radical (unpaired) electrons. The normalized spacial score (nSPS) is 12.4. The Balaban J connectivity index is 1.92. The van der Waals surface area contributed by atoms with Crippen molar-refractivity contribution in [1.82, 2.24) is 14.5 Å². The molecule has 160 valence electrons. The van der Waals surface area contributed by atoms with Crippen LogP contribution < -0.4 is 5.32 Å². The average Bonchev–Trinajstić information content (AvgIpc) is 3.16. The van der Waals surface area contributed by atoms with Crippen LogP contribution in [0.3, 0.4) is 0 Å². The topological polar surface area (TPSA) is 65.0 Å². The van der Waals surface area contributed by atoms with Crippen molar-refractivity contribution in [1.29, 1.82) is 0 Å². The Morgan fingerprint density at radius 3 is 2.55 bits per heavy atom. The van der Waals surface area contributed by atoms with Gasteiger partial charge in [-0.3, -0.25) is 4.99 Å². The van der Waals surface area contributed by atoms with Crippen molar-refractivity contribution >= 4 is 27.3 Å². The van der Waals surface area contributed by atoms with Gasteiger partial charge in [-0.2, -0.15) is 4.31 Å². The summed E-state index contributed by atoms with van der Waals surface area (Å²) in [5.74, 6) is 0.439. The molecule has 0 amide bonds. The van der Waals surface area contributed by atoms with E-state index in [-0.39, 0.29) is 5.82 Å². The van der Waals surface area contributed by atoms with E-state index in [0.717, 1.165) is 10.4 Å². The van der Waals surface area contributed by atoms with Crippen molar-refractivity contribution in [2.24, 2.45) is 4.99 Å².